The Kier molecular flexibility index (Phi) is 18.3. The molecule has 0 aliphatic rings. The fourth-order valence-corrected chi connectivity index (χ4v) is 33.7. The Hall–Kier alpha value is 0.886. The van der Waals surface area contributed by atoms with Crippen LogP contribution < -0.4 is 9.81 Å². The fourth-order valence-electron chi connectivity index (χ4n) is 4.95. The molecule has 0 nitrogen and oxygen atoms in total. The second-order valence-electron chi connectivity index (χ2n) is 10.3. The van der Waals surface area contributed by atoms with Crippen molar-refractivity contribution in [2.45, 2.75) is 90.9 Å². The first-order valence-corrected chi connectivity index (χ1v) is 38.1. The third-order valence-corrected chi connectivity index (χ3v) is 45.4. The van der Waals surface area contributed by atoms with Gasteiger partial charge in [-0.1, -0.05) is 0 Å². The summed E-state index contributed by atoms with van der Waals surface area (Å²) in [5.41, 5.74) is 0. The molecule has 0 atom stereocenters. The van der Waals surface area contributed by atoms with E-state index in [9.17, 15) is 0 Å². The van der Waals surface area contributed by atoms with Crippen molar-refractivity contribution < 1.29 is 32.2 Å². The van der Waals surface area contributed by atoms with Gasteiger partial charge in [-0.3, -0.25) is 0 Å². The molecule has 202 valence electrons. The molecular weight excluding hydrogens is 833 g/mol. The van der Waals surface area contributed by atoms with Crippen LogP contribution in [0.15, 0.2) is 91.0 Å². The van der Waals surface area contributed by atoms with Crippen LogP contribution in [0, 0.1) is 0 Å². The van der Waals surface area contributed by atoms with Crippen molar-refractivity contribution in [3.05, 3.63) is 91.0 Å². The zero-order valence-electron chi connectivity index (χ0n) is 23.4. The van der Waals surface area contributed by atoms with E-state index in [-0.39, 0.29) is 0 Å². The van der Waals surface area contributed by atoms with Gasteiger partial charge in [-0.05, 0) is 0 Å². The van der Waals surface area contributed by atoms with E-state index >= 15 is 0 Å². The molecule has 0 spiro atoms. The topological polar surface area (TPSA) is 0 Å². The molecule has 0 amide bonds. The van der Waals surface area contributed by atoms with Crippen molar-refractivity contribution in [1.29, 1.82) is 0 Å². The normalized spacial score (nSPS) is 11.6. The monoisotopic (exact) mass is 878 g/mol. The predicted octanol–water partition coefficient (Wildman–Crippen LogP) is 10.8. The van der Waals surface area contributed by atoms with Crippen LogP contribution in [-0.2, 0) is 32.2 Å². The van der Waals surface area contributed by atoms with Gasteiger partial charge in [0.2, 0.25) is 0 Å². The molecule has 0 aliphatic heterocycles. The minimum absolute atomic E-state index is 1.39. The van der Waals surface area contributed by atoms with E-state index in [2.05, 4.69) is 148 Å². The van der Waals surface area contributed by atoms with Crippen molar-refractivity contribution >= 4 is 45.9 Å². The SMILES string of the molecule is CCCC[CH2][Zr]([I])([CH2]CCCC)[CH2]CCCC.[I][Zr]([c]1ccccc1)([c]1ccccc1)[c]1ccccc1. The second-order valence-corrected chi connectivity index (χ2v) is 50.2. The van der Waals surface area contributed by atoms with Gasteiger partial charge in [-0.25, -0.2) is 0 Å². The van der Waals surface area contributed by atoms with Crippen molar-refractivity contribution in [3.8, 4) is 0 Å². The molecule has 0 heterocycles. The zero-order valence-corrected chi connectivity index (χ0v) is 32.6. The van der Waals surface area contributed by atoms with E-state index in [1.54, 1.807) is 12.4 Å². The first-order chi connectivity index (χ1) is 18.0. The van der Waals surface area contributed by atoms with E-state index in [0.717, 1.165) is 0 Å². The van der Waals surface area contributed by atoms with Gasteiger partial charge in [0.25, 0.3) is 0 Å². The van der Waals surface area contributed by atoms with E-state index in [1.165, 1.54) is 67.6 Å². The Balaban J connectivity index is 0.000000265. The van der Waals surface area contributed by atoms with Gasteiger partial charge in [-0.2, -0.15) is 0 Å². The van der Waals surface area contributed by atoms with Crippen LogP contribution in [-0.4, -0.2) is 0 Å². The quantitative estimate of drug-likeness (QED) is 0.105. The van der Waals surface area contributed by atoms with E-state index < -0.39 is 32.2 Å². The second kappa shape index (κ2) is 19.9. The van der Waals surface area contributed by atoms with Gasteiger partial charge in [0.05, 0.1) is 0 Å². The van der Waals surface area contributed by atoms with Crippen molar-refractivity contribution in [3.63, 3.8) is 0 Å². The molecule has 37 heavy (non-hydrogen) atoms. The molecule has 0 aliphatic carbocycles. The summed E-state index contributed by atoms with van der Waals surface area (Å²) in [6.07, 6.45) is 13.2. The Labute approximate surface area is 256 Å². The van der Waals surface area contributed by atoms with Crippen LogP contribution >= 0.6 is 36.1 Å². The van der Waals surface area contributed by atoms with Gasteiger partial charge < -0.3 is 0 Å². The summed E-state index contributed by atoms with van der Waals surface area (Å²) in [5.74, 6) is 0. The van der Waals surface area contributed by atoms with E-state index in [0.29, 0.717) is 0 Å². The van der Waals surface area contributed by atoms with E-state index in [1.807, 2.05) is 0 Å². The maximum atomic E-state index is 3.00. The zero-order chi connectivity index (χ0) is 26.8. The molecule has 0 fully saturated rings. The molecule has 3 aromatic rings. The van der Waals surface area contributed by atoms with Crippen molar-refractivity contribution in [2.75, 3.05) is 0 Å². The molecule has 0 unspecified atom stereocenters. The third-order valence-electron chi connectivity index (χ3n) is 7.20. The van der Waals surface area contributed by atoms with Gasteiger partial charge in [0.1, 0.15) is 0 Å². The van der Waals surface area contributed by atoms with Crippen molar-refractivity contribution in [1.82, 2.24) is 0 Å². The fraction of sp³-hybridized carbons (Fsp3) is 0.455. The molecule has 0 saturated heterocycles. The summed E-state index contributed by atoms with van der Waals surface area (Å²) in [6.45, 7) is 7.00. The summed E-state index contributed by atoms with van der Waals surface area (Å²) in [6, 6.07) is 33.0. The Morgan fingerprint density at radius 2 is 0.703 bits per heavy atom. The molecule has 4 heteroatoms. The molecular formula is C33H48I2Zr2. The van der Waals surface area contributed by atoms with Crippen LogP contribution in [0.5, 0.6) is 0 Å². The first-order valence-electron chi connectivity index (χ1n) is 14.5. The Bertz CT molecular complexity index is 825. The number of unbranched alkanes of at least 4 members (excludes halogenated alkanes) is 6. The first kappa shape index (κ1) is 34.1. The maximum absolute atomic E-state index is 3.00. The standard InChI is InChI=1S/3C6H5.3C5H11.2HI.2Zr/c3*1-2-4-6-5-3-1;3*1-3-5-4-2;;;;/h3*1-5H;3*1,3-5H2,2H3;2*1H;;/q;;;;;;;;2*+1/p-2. The van der Waals surface area contributed by atoms with Crippen molar-refractivity contribution in [2.24, 2.45) is 0 Å². The third kappa shape index (κ3) is 12.1. The average molecular weight is 881 g/mol. The Morgan fingerprint density at radius 3 is 0.946 bits per heavy atom. The molecule has 0 aromatic heterocycles. The molecule has 0 radical (unpaired) electrons. The van der Waals surface area contributed by atoms with Crippen LogP contribution in [0.25, 0.3) is 0 Å². The summed E-state index contributed by atoms with van der Waals surface area (Å²) < 4.78 is 9.53. The number of hydrogen-bond acceptors (Lipinski definition) is 0. The summed E-state index contributed by atoms with van der Waals surface area (Å²) in [7, 11) is 0. The summed E-state index contributed by atoms with van der Waals surface area (Å²) in [4.78, 5) is 0. The van der Waals surface area contributed by atoms with Gasteiger partial charge >= 0.3 is 260 Å². The number of halogens is 2. The number of hydrogen-bond donors (Lipinski definition) is 0. The van der Waals surface area contributed by atoms with E-state index in [4.69, 9.17) is 0 Å². The van der Waals surface area contributed by atoms with Crippen LogP contribution in [0.2, 0.25) is 12.4 Å². The van der Waals surface area contributed by atoms with Crippen LogP contribution in [0.4, 0.5) is 0 Å². The number of benzene rings is 3. The molecule has 0 N–H and O–H groups in total. The number of rotatable bonds is 15. The molecule has 3 rings (SSSR count). The van der Waals surface area contributed by atoms with Crippen LogP contribution in [0.3, 0.4) is 0 Å². The van der Waals surface area contributed by atoms with Gasteiger partial charge in [0, 0.05) is 0 Å². The van der Waals surface area contributed by atoms with Gasteiger partial charge in [0.15, 0.2) is 0 Å². The average Bonchev–Trinajstić information content (AvgIpc) is 2.95. The predicted molar refractivity (Wildman–Crippen MR) is 179 cm³/mol. The van der Waals surface area contributed by atoms with Gasteiger partial charge in [-0.15, -0.1) is 0 Å². The Morgan fingerprint density at radius 1 is 0.432 bits per heavy atom. The molecule has 0 bridgehead atoms. The van der Waals surface area contributed by atoms with Crippen LogP contribution in [0.1, 0.15) is 78.6 Å². The summed E-state index contributed by atoms with van der Waals surface area (Å²) >= 11 is 1.31. The minimum atomic E-state index is -2.81. The summed E-state index contributed by atoms with van der Waals surface area (Å²) in [5, 5.41) is 0. The molecule has 0 saturated carbocycles. The molecule has 3 aromatic carbocycles.